The Hall–Kier alpha value is -2.95. The predicted molar refractivity (Wildman–Crippen MR) is 88.0 cm³/mol. The molecule has 0 aliphatic carbocycles. The number of nitrogens with zero attached hydrogens (tertiary/aromatic N) is 1. The zero-order chi connectivity index (χ0) is 26.6. The highest BCUT2D eigenvalue weighted by molar-refractivity contribution is 5.88. The Morgan fingerprint density at radius 1 is 0.882 bits per heavy atom. The summed E-state index contributed by atoms with van der Waals surface area (Å²) in [5.41, 5.74) is 0.644. The van der Waals surface area contributed by atoms with E-state index in [1.165, 1.54) is 17.8 Å². The highest BCUT2D eigenvalue weighted by Crippen LogP contribution is 2.58. The summed E-state index contributed by atoms with van der Waals surface area (Å²) >= 11 is 0. The predicted octanol–water partition coefficient (Wildman–Crippen LogP) is 3.53. The second-order valence-electron chi connectivity index (χ2n) is 6.51. The first-order valence-electron chi connectivity index (χ1n) is 8.76. The molecule has 1 rings (SSSR count). The van der Waals surface area contributed by atoms with Crippen molar-refractivity contribution in [2.45, 2.75) is 42.7 Å². The van der Waals surface area contributed by atoms with Gasteiger partial charge in [0, 0.05) is 43.9 Å². The number of rotatable bonds is 11. The molecule has 1 heterocycles. The number of hydrogen-bond acceptors (Lipinski definition) is 3. The number of alkyl halides is 11. The van der Waals surface area contributed by atoms with Gasteiger partial charge in [0.15, 0.2) is 5.83 Å². The van der Waals surface area contributed by atoms with Gasteiger partial charge in [-0.15, -0.1) is 0 Å². The normalized spacial score (nSPS) is 14.2. The van der Waals surface area contributed by atoms with E-state index in [2.05, 4.69) is 15.3 Å². The monoisotopic (exact) mass is 522 g/mol. The number of allylic oxidation sites excluding steroid dienone is 1. The van der Waals surface area contributed by atoms with Gasteiger partial charge in [-0.2, -0.15) is 48.3 Å². The highest BCUT2D eigenvalue weighted by atomic mass is 19.4. The summed E-state index contributed by atoms with van der Waals surface area (Å²) in [5, 5.41) is 3.87. The number of H-pyrrole nitrogens is 1. The van der Waals surface area contributed by atoms with Crippen LogP contribution in [0, 0.1) is 0 Å². The van der Waals surface area contributed by atoms with Crippen LogP contribution >= 0.6 is 0 Å². The fourth-order valence-corrected chi connectivity index (χ4v) is 2.12. The summed E-state index contributed by atoms with van der Waals surface area (Å²) in [6.45, 7) is -0.621. The minimum atomic E-state index is -7.81. The largest absolute Gasteiger partial charge is 0.460 e. The van der Waals surface area contributed by atoms with Crippen molar-refractivity contribution < 1.29 is 62.3 Å². The number of amides is 2. The Balaban J connectivity index is 2.75. The van der Waals surface area contributed by atoms with E-state index in [-0.39, 0.29) is 6.54 Å². The van der Waals surface area contributed by atoms with Crippen LogP contribution in [-0.2, 0) is 16.0 Å². The highest BCUT2D eigenvalue weighted by Gasteiger charge is 2.87. The smallest absolute Gasteiger partial charge is 0.356 e. The van der Waals surface area contributed by atoms with Crippen LogP contribution in [0.25, 0.3) is 0 Å². The molecule has 0 atom stereocenters. The van der Waals surface area contributed by atoms with Crippen molar-refractivity contribution in [3.63, 3.8) is 0 Å². The summed E-state index contributed by atoms with van der Waals surface area (Å²) in [4.78, 5) is 29.2. The van der Waals surface area contributed by atoms with Crippen LogP contribution < -0.4 is 10.6 Å². The number of imidazole rings is 1. The maximum atomic E-state index is 13.5. The first kappa shape index (κ1) is 29.1. The van der Waals surface area contributed by atoms with Crippen LogP contribution in [-0.4, -0.2) is 64.7 Å². The van der Waals surface area contributed by atoms with Crippen molar-refractivity contribution in [3.8, 4) is 0 Å². The van der Waals surface area contributed by atoms with Gasteiger partial charge in [-0.05, 0) is 0 Å². The maximum absolute atomic E-state index is 13.5. The van der Waals surface area contributed by atoms with E-state index in [0.29, 0.717) is 12.1 Å². The fraction of sp³-hybridized carbons (Fsp3) is 0.562. The molecule has 1 aromatic rings. The molecule has 194 valence electrons. The summed E-state index contributed by atoms with van der Waals surface area (Å²) in [7, 11) is 0. The lowest BCUT2D eigenvalue weighted by Gasteiger charge is -2.36. The van der Waals surface area contributed by atoms with Gasteiger partial charge in [-0.3, -0.25) is 9.59 Å². The van der Waals surface area contributed by atoms with E-state index >= 15 is 0 Å². The molecule has 2 amide bonds. The third kappa shape index (κ3) is 5.94. The molecule has 1 aromatic heterocycles. The molecule has 0 unspecified atom stereocenters. The average molecular weight is 522 g/mol. The fourth-order valence-electron chi connectivity index (χ4n) is 2.12. The molecule has 0 fully saturated rings. The van der Waals surface area contributed by atoms with Crippen molar-refractivity contribution in [1.82, 2.24) is 20.6 Å². The molecule has 0 bridgehead atoms. The number of hydrogen-bond donors (Lipinski definition) is 3. The van der Waals surface area contributed by atoms with Crippen LogP contribution in [0.3, 0.4) is 0 Å². The molecule has 0 aliphatic rings. The van der Waals surface area contributed by atoms with Gasteiger partial charge in [0.1, 0.15) is 0 Å². The number of carbonyl (C=O) groups excluding carboxylic acids is 2. The number of aromatic amines is 1. The number of nitrogens with one attached hydrogen (secondary N) is 3. The molecule has 34 heavy (non-hydrogen) atoms. The molecule has 0 spiro atoms. The van der Waals surface area contributed by atoms with E-state index in [1.807, 2.05) is 0 Å². The molecule has 0 saturated carbocycles. The quantitative estimate of drug-likeness (QED) is 0.307. The molecule has 3 N–H and O–H groups in total. The van der Waals surface area contributed by atoms with Crippen LogP contribution in [0.4, 0.5) is 52.7 Å². The summed E-state index contributed by atoms with van der Waals surface area (Å²) in [5.74, 6) is -36.5. The van der Waals surface area contributed by atoms with Crippen LogP contribution in [0.1, 0.15) is 12.1 Å². The second kappa shape index (κ2) is 10.1. The van der Waals surface area contributed by atoms with Crippen molar-refractivity contribution >= 4 is 11.8 Å². The Morgan fingerprint density at radius 3 is 1.97 bits per heavy atom. The van der Waals surface area contributed by atoms with Crippen LogP contribution in [0.2, 0.25) is 0 Å². The van der Waals surface area contributed by atoms with Crippen LogP contribution in [0.15, 0.2) is 24.4 Å². The number of aromatic nitrogens is 2. The van der Waals surface area contributed by atoms with Crippen molar-refractivity contribution in [1.29, 1.82) is 0 Å². The van der Waals surface area contributed by atoms with Gasteiger partial charge >= 0.3 is 29.9 Å². The summed E-state index contributed by atoms with van der Waals surface area (Å²) in [6, 6.07) is 0. The Kier molecular flexibility index (Phi) is 8.66. The summed E-state index contributed by atoms with van der Waals surface area (Å²) < 4.78 is 155. The zero-order valence-electron chi connectivity index (χ0n) is 16.4. The third-order valence-electron chi connectivity index (χ3n) is 4.02. The Labute approximate surface area is 181 Å². The van der Waals surface area contributed by atoms with Gasteiger partial charge in [0.25, 0.3) is 0 Å². The molecule has 0 radical (unpaired) electrons. The minimum absolute atomic E-state index is 0.0849. The molecular weight excluding hydrogens is 508 g/mol. The number of halogens is 12. The maximum Gasteiger partial charge on any atom is 0.460 e. The lowest BCUT2D eigenvalue weighted by molar-refractivity contribution is -0.419. The molecule has 0 aromatic carbocycles. The molecule has 6 nitrogen and oxygen atoms in total. The van der Waals surface area contributed by atoms with Crippen molar-refractivity contribution in [3.05, 3.63) is 30.1 Å². The van der Waals surface area contributed by atoms with E-state index in [0.717, 1.165) is 0 Å². The number of carbonyl (C=O) groups is 2. The molecule has 0 aliphatic heterocycles. The van der Waals surface area contributed by atoms with Gasteiger partial charge in [0.05, 0.1) is 6.33 Å². The molecule has 18 heteroatoms. The van der Waals surface area contributed by atoms with Crippen LogP contribution in [0.5, 0.6) is 0 Å². The zero-order valence-corrected chi connectivity index (χ0v) is 16.4. The van der Waals surface area contributed by atoms with E-state index in [1.54, 1.807) is 0 Å². The van der Waals surface area contributed by atoms with E-state index in [4.69, 9.17) is 0 Å². The van der Waals surface area contributed by atoms with E-state index < -0.39 is 66.5 Å². The minimum Gasteiger partial charge on any atom is -0.356 e. The van der Waals surface area contributed by atoms with Crippen molar-refractivity contribution in [2.24, 2.45) is 0 Å². The first-order chi connectivity index (χ1) is 15.3. The van der Waals surface area contributed by atoms with Gasteiger partial charge < -0.3 is 15.6 Å². The van der Waals surface area contributed by atoms with Gasteiger partial charge in [-0.25, -0.2) is 9.37 Å². The standard InChI is InChI=1S/C16H14F12N4O2/c17-9(12(18,19)13(20,21)14(22,23)15(24,25)16(26,27)28)5-11(34)31-4-2-10(33)30-3-1-8-6-29-7-32-8/h5-7H,1-4H2,(H,29,32)(H,30,33)(H,31,34)/b9-5-. The first-order valence-corrected chi connectivity index (χ1v) is 8.76. The van der Waals surface area contributed by atoms with E-state index in [9.17, 15) is 62.3 Å². The topological polar surface area (TPSA) is 86.9 Å². The molecule has 0 saturated heterocycles. The Morgan fingerprint density at radius 2 is 1.47 bits per heavy atom. The third-order valence-corrected chi connectivity index (χ3v) is 4.02. The summed E-state index contributed by atoms with van der Waals surface area (Å²) in [6.07, 6.45) is -5.87. The van der Waals surface area contributed by atoms with Crippen molar-refractivity contribution in [2.75, 3.05) is 13.1 Å². The SMILES string of the molecule is O=C(/C=C(\F)C(F)(F)C(F)(F)C(F)(F)C(F)(F)C(F)(F)F)NCCC(=O)NCCc1cnc[nH]1. The Bertz CT molecular complexity index is 881. The average Bonchev–Trinajstić information content (AvgIpc) is 3.20. The molecular formula is C16H14F12N4O2. The van der Waals surface area contributed by atoms with Gasteiger partial charge in [0.2, 0.25) is 11.8 Å². The lowest BCUT2D eigenvalue weighted by Crippen LogP contribution is -2.66. The van der Waals surface area contributed by atoms with Gasteiger partial charge in [-0.1, -0.05) is 0 Å². The second-order valence-corrected chi connectivity index (χ2v) is 6.51. The lowest BCUT2D eigenvalue weighted by atomic mass is 9.97.